The highest BCUT2D eigenvalue weighted by Gasteiger charge is 2.46. The van der Waals surface area contributed by atoms with E-state index in [2.05, 4.69) is 9.88 Å². The quantitative estimate of drug-likeness (QED) is 0.886. The van der Waals surface area contributed by atoms with Crippen molar-refractivity contribution in [3.05, 3.63) is 35.8 Å². The average molecular weight is 364 g/mol. The SMILES string of the molecule is CS(=O)(=O)CC1(CN2CCC(c3c[nH]c4cc(F)ccc34)CC2)CC1. The number of H-pyrrole nitrogens is 1. The van der Waals surface area contributed by atoms with Gasteiger partial charge in [0.25, 0.3) is 0 Å². The van der Waals surface area contributed by atoms with Crippen molar-refractivity contribution in [1.29, 1.82) is 0 Å². The number of piperidine rings is 1. The number of halogens is 1. The van der Waals surface area contributed by atoms with Gasteiger partial charge in [0.15, 0.2) is 0 Å². The minimum absolute atomic E-state index is 0.0126. The van der Waals surface area contributed by atoms with E-state index in [9.17, 15) is 12.8 Å². The van der Waals surface area contributed by atoms with E-state index in [1.807, 2.05) is 12.3 Å². The van der Waals surface area contributed by atoms with Gasteiger partial charge in [-0.3, -0.25) is 0 Å². The Labute approximate surface area is 148 Å². The van der Waals surface area contributed by atoms with E-state index in [-0.39, 0.29) is 11.2 Å². The second-order valence-corrected chi connectivity index (χ2v) is 10.2. The van der Waals surface area contributed by atoms with E-state index in [4.69, 9.17) is 0 Å². The first kappa shape index (κ1) is 17.0. The summed E-state index contributed by atoms with van der Waals surface area (Å²) in [5.41, 5.74) is 2.16. The van der Waals surface area contributed by atoms with Gasteiger partial charge in [0.05, 0.1) is 5.75 Å². The van der Waals surface area contributed by atoms with Gasteiger partial charge in [0.1, 0.15) is 15.7 Å². The maximum Gasteiger partial charge on any atom is 0.148 e. The van der Waals surface area contributed by atoms with Crippen LogP contribution in [-0.2, 0) is 9.84 Å². The van der Waals surface area contributed by atoms with Crippen LogP contribution in [0.5, 0.6) is 0 Å². The van der Waals surface area contributed by atoms with Gasteiger partial charge >= 0.3 is 0 Å². The molecule has 2 aromatic rings. The second-order valence-electron chi connectivity index (χ2n) is 8.05. The largest absolute Gasteiger partial charge is 0.361 e. The van der Waals surface area contributed by atoms with Crippen molar-refractivity contribution in [1.82, 2.24) is 9.88 Å². The van der Waals surface area contributed by atoms with E-state index < -0.39 is 9.84 Å². The monoisotopic (exact) mass is 364 g/mol. The van der Waals surface area contributed by atoms with Crippen LogP contribution in [0, 0.1) is 11.2 Å². The van der Waals surface area contributed by atoms with Gasteiger partial charge in [-0.1, -0.05) is 0 Å². The van der Waals surface area contributed by atoms with Crippen molar-refractivity contribution in [2.24, 2.45) is 5.41 Å². The third-order valence-electron chi connectivity index (χ3n) is 5.79. The maximum absolute atomic E-state index is 13.4. The molecule has 2 heterocycles. The molecule has 136 valence electrons. The predicted molar refractivity (Wildman–Crippen MR) is 98.0 cm³/mol. The van der Waals surface area contributed by atoms with E-state index in [1.54, 1.807) is 6.07 Å². The first-order valence-corrected chi connectivity index (χ1v) is 11.1. The molecule has 1 N–H and O–H groups in total. The van der Waals surface area contributed by atoms with Crippen molar-refractivity contribution in [2.45, 2.75) is 31.6 Å². The first-order chi connectivity index (χ1) is 11.8. The van der Waals surface area contributed by atoms with Crippen LogP contribution in [0.1, 0.15) is 37.2 Å². The molecule has 25 heavy (non-hydrogen) atoms. The molecule has 0 radical (unpaired) electrons. The normalized spacial score (nSPS) is 21.7. The molecule has 0 atom stereocenters. The van der Waals surface area contributed by atoms with Crippen LogP contribution in [-0.4, -0.2) is 49.9 Å². The number of nitrogens with zero attached hydrogens (tertiary/aromatic N) is 1. The van der Waals surface area contributed by atoms with E-state index in [0.717, 1.165) is 56.2 Å². The molecule has 1 aromatic heterocycles. The van der Waals surface area contributed by atoms with Crippen LogP contribution in [0.4, 0.5) is 4.39 Å². The predicted octanol–water partition coefficient (Wildman–Crippen LogP) is 3.31. The summed E-state index contributed by atoms with van der Waals surface area (Å²) in [6, 6.07) is 4.95. The molecular weight excluding hydrogens is 339 g/mol. The highest BCUT2D eigenvalue weighted by atomic mass is 32.2. The lowest BCUT2D eigenvalue weighted by atomic mass is 9.88. The molecular formula is C19H25FN2O2S. The Kier molecular flexibility index (Phi) is 4.15. The molecule has 0 amide bonds. The summed E-state index contributed by atoms with van der Waals surface area (Å²) < 4.78 is 36.6. The Morgan fingerprint density at radius 2 is 2.00 bits per heavy atom. The third-order valence-corrected chi connectivity index (χ3v) is 6.92. The van der Waals surface area contributed by atoms with Crippen molar-refractivity contribution in [3.8, 4) is 0 Å². The average Bonchev–Trinajstić information content (AvgIpc) is 3.13. The maximum atomic E-state index is 13.4. The molecule has 6 heteroatoms. The zero-order valence-electron chi connectivity index (χ0n) is 14.6. The Hall–Kier alpha value is -1.40. The molecule has 1 saturated heterocycles. The molecule has 4 rings (SSSR count). The Morgan fingerprint density at radius 1 is 1.28 bits per heavy atom. The molecule has 1 aliphatic heterocycles. The molecule has 1 saturated carbocycles. The lowest BCUT2D eigenvalue weighted by Crippen LogP contribution is -2.39. The summed E-state index contributed by atoms with van der Waals surface area (Å²) >= 11 is 0. The summed E-state index contributed by atoms with van der Waals surface area (Å²) in [4.78, 5) is 5.62. The van der Waals surface area contributed by atoms with Crippen LogP contribution >= 0.6 is 0 Å². The van der Waals surface area contributed by atoms with Crippen LogP contribution in [0.2, 0.25) is 0 Å². The molecule has 4 nitrogen and oxygen atoms in total. The number of aromatic nitrogens is 1. The number of benzene rings is 1. The fourth-order valence-corrected chi connectivity index (χ4v) is 5.91. The number of fused-ring (bicyclic) bond motifs is 1. The fraction of sp³-hybridized carbons (Fsp3) is 0.579. The van der Waals surface area contributed by atoms with E-state index in [1.165, 1.54) is 17.9 Å². The van der Waals surface area contributed by atoms with Crippen molar-refractivity contribution in [3.63, 3.8) is 0 Å². The van der Waals surface area contributed by atoms with Gasteiger partial charge in [0.2, 0.25) is 0 Å². The summed E-state index contributed by atoms with van der Waals surface area (Å²) in [6.45, 7) is 2.92. The number of hydrogen-bond donors (Lipinski definition) is 1. The number of aromatic amines is 1. The van der Waals surface area contributed by atoms with Gasteiger partial charge in [-0.15, -0.1) is 0 Å². The number of likely N-dealkylation sites (tertiary alicyclic amines) is 1. The Morgan fingerprint density at radius 3 is 2.64 bits per heavy atom. The topological polar surface area (TPSA) is 53.2 Å². The minimum atomic E-state index is -2.91. The molecule has 0 unspecified atom stereocenters. The van der Waals surface area contributed by atoms with E-state index in [0.29, 0.717) is 11.7 Å². The lowest BCUT2D eigenvalue weighted by Gasteiger charge is -2.34. The van der Waals surface area contributed by atoms with Gasteiger partial charge in [0, 0.05) is 29.9 Å². The van der Waals surface area contributed by atoms with E-state index >= 15 is 0 Å². The highest BCUT2D eigenvalue weighted by molar-refractivity contribution is 7.90. The molecule has 0 bridgehead atoms. The van der Waals surface area contributed by atoms with Crippen LogP contribution in [0.15, 0.2) is 24.4 Å². The summed E-state index contributed by atoms with van der Waals surface area (Å²) in [5.74, 6) is 0.602. The second kappa shape index (κ2) is 6.09. The zero-order chi connectivity index (χ0) is 17.7. The Bertz CT molecular complexity index is 878. The van der Waals surface area contributed by atoms with Crippen molar-refractivity contribution in [2.75, 3.05) is 31.6 Å². The molecule has 2 aliphatic rings. The standard InChI is InChI=1S/C19H25FN2O2S/c1-25(23,24)13-19(6-7-19)12-22-8-4-14(5-9-22)17-11-21-18-10-15(20)2-3-16(17)18/h2-3,10-11,14,21H,4-9,12-13H2,1H3. The molecule has 1 aromatic carbocycles. The highest BCUT2D eigenvalue weighted by Crippen LogP contribution is 2.48. The summed E-state index contributed by atoms with van der Waals surface area (Å²) in [5, 5.41) is 1.12. The Balaban J connectivity index is 1.40. The first-order valence-electron chi connectivity index (χ1n) is 9.00. The number of rotatable bonds is 5. The van der Waals surface area contributed by atoms with Crippen LogP contribution < -0.4 is 0 Å². The summed E-state index contributed by atoms with van der Waals surface area (Å²) in [6.07, 6.45) is 7.58. The van der Waals surface area contributed by atoms with Crippen molar-refractivity contribution >= 4 is 20.7 Å². The van der Waals surface area contributed by atoms with Gasteiger partial charge in [-0.05, 0) is 73.9 Å². The van der Waals surface area contributed by atoms with Crippen LogP contribution in [0.3, 0.4) is 0 Å². The summed E-state index contributed by atoms with van der Waals surface area (Å²) in [7, 11) is -2.91. The van der Waals surface area contributed by atoms with Gasteiger partial charge in [-0.25, -0.2) is 12.8 Å². The molecule has 2 fully saturated rings. The molecule has 0 spiro atoms. The van der Waals surface area contributed by atoms with Gasteiger partial charge < -0.3 is 9.88 Å². The zero-order valence-corrected chi connectivity index (χ0v) is 15.4. The fourth-order valence-electron chi connectivity index (χ4n) is 4.42. The lowest BCUT2D eigenvalue weighted by molar-refractivity contribution is 0.181. The van der Waals surface area contributed by atoms with Crippen molar-refractivity contribution < 1.29 is 12.8 Å². The smallest absolute Gasteiger partial charge is 0.148 e. The van der Waals surface area contributed by atoms with Gasteiger partial charge in [-0.2, -0.15) is 0 Å². The minimum Gasteiger partial charge on any atom is -0.361 e. The number of sulfone groups is 1. The molecule has 1 aliphatic carbocycles. The number of hydrogen-bond acceptors (Lipinski definition) is 3. The number of nitrogens with one attached hydrogen (secondary N) is 1. The van der Waals surface area contributed by atoms with Crippen LogP contribution in [0.25, 0.3) is 10.9 Å². The third kappa shape index (κ3) is 3.75.